The normalized spacial score (nSPS) is 20.8. The maximum absolute atomic E-state index is 13.3. The molecule has 0 radical (unpaired) electrons. The number of amides is 1. The molecule has 132 valence electrons. The zero-order chi connectivity index (χ0) is 17.4. The fourth-order valence-electron chi connectivity index (χ4n) is 3.45. The van der Waals surface area contributed by atoms with Crippen LogP contribution in [0.3, 0.4) is 0 Å². The Morgan fingerprint density at radius 1 is 1.24 bits per heavy atom. The van der Waals surface area contributed by atoms with Gasteiger partial charge in [-0.1, -0.05) is 12.1 Å². The van der Waals surface area contributed by atoms with Crippen molar-refractivity contribution in [3.05, 3.63) is 53.4 Å². The van der Waals surface area contributed by atoms with E-state index in [-0.39, 0.29) is 17.8 Å². The van der Waals surface area contributed by atoms with E-state index in [4.69, 9.17) is 0 Å². The van der Waals surface area contributed by atoms with Gasteiger partial charge in [-0.15, -0.1) is 0 Å². The molecule has 0 spiro atoms. The van der Waals surface area contributed by atoms with Crippen molar-refractivity contribution >= 4 is 5.91 Å². The van der Waals surface area contributed by atoms with Crippen molar-refractivity contribution in [3.63, 3.8) is 0 Å². The van der Waals surface area contributed by atoms with Crippen molar-refractivity contribution in [1.82, 2.24) is 20.2 Å². The summed E-state index contributed by atoms with van der Waals surface area (Å²) in [5.74, 6) is 0.791. The number of nitrogens with one attached hydrogen (secondary N) is 2. The van der Waals surface area contributed by atoms with E-state index in [1.807, 2.05) is 6.92 Å². The summed E-state index contributed by atoms with van der Waals surface area (Å²) in [5.41, 5.74) is 1.82. The Balaban J connectivity index is 1.51. The van der Waals surface area contributed by atoms with E-state index >= 15 is 0 Å². The van der Waals surface area contributed by atoms with Gasteiger partial charge in [0, 0.05) is 31.2 Å². The van der Waals surface area contributed by atoms with Gasteiger partial charge in [0.2, 0.25) is 5.91 Å². The first-order valence-corrected chi connectivity index (χ1v) is 8.93. The van der Waals surface area contributed by atoms with Gasteiger partial charge in [0.05, 0.1) is 5.69 Å². The van der Waals surface area contributed by atoms with Gasteiger partial charge in [-0.2, -0.15) is 0 Å². The fraction of sp³-hybridized carbons (Fsp3) is 0.474. The maximum atomic E-state index is 13.3. The predicted molar refractivity (Wildman–Crippen MR) is 92.5 cm³/mol. The van der Waals surface area contributed by atoms with Crippen molar-refractivity contribution < 1.29 is 9.18 Å². The van der Waals surface area contributed by atoms with Crippen LogP contribution in [-0.2, 0) is 17.8 Å². The Bertz CT molecular complexity index is 766. The van der Waals surface area contributed by atoms with E-state index in [0.717, 1.165) is 49.3 Å². The molecule has 2 atom stereocenters. The number of carbonyl (C=O) groups is 1. The van der Waals surface area contributed by atoms with Crippen LogP contribution in [0.4, 0.5) is 4.39 Å². The van der Waals surface area contributed by atoms with E-state index in [9.17, 15) is 9.18 Å². The molecule has 1 aromatic heterocycles. The molecule has 0 unspecified atom stereocenters. The number of hydrogen-bond donors (Lipinski definition) is 2. The summed E-state index contributed by atoms with van der Waals surface area (Å²) < 4.78 is 15.4. The number of aromatic nitrogens is 2. The van der Waals surface area contributed by atoms with Crippen LogP contribution < -0.4 is 10.6 Å². The Kier molecular flexibility index (Phi) is 4.29. The second kappa shape index (κ2) is 6.59. The Morgan fingerprint density at radius 2 is 2.00 bits per heavy atom. The molecule has 1 aliphatic carbocycles. The standard InChI is InChI=1S/C19H23FN4O/c1-12-10-24-11-16(8-9-17(24)21-12)22-18(19(25)23-15-6-7-15)13-2-4-14(20)5-3-13/h2-5,10,15-16,18,22H,6-9,11H2,1H3,(H,23,25)/t16-,18-/m1/s1. The van der Waals surface area contributed by atoms with E-state index in [1.54, 1.807) is 12.1 Å². The molecular weight excluding hydrogens is 319 g/mol. The molecule has 2 aromatic rings. The van der Waals surface area contributed by atoms with Crippen molar-refractivity contribution in [1.29, 1.82) is 0 Å². The second-order valence-corrected chi connectivity index (χ2v) is 7.12. The highest BCUT2D eigenvalue weighted by Crippen LogP contribution is 2.23. The molecule has 5 nitrogen and oxygen atoms in total. The van der Waals surface area contributed by atoms with Gasteiger partial charge < -0.3 is 9.88 Å². The molecule has 0 bridgehead atoms. The number of nitrogens with zero attached hydrogens (tertiary/aromatic N) is 2. The lowest BCUT2D eigenvalue weighted by atomic mass is 10.0. The molecule has 2 heterocycles. The van der Waals surface area contributed by atoms with Gasteiger partial charge in [0.25, 0.3) is 0 Å². The van der Waals surface area contributed by atoms with Crippen LogP contribution in [-0.4, -0.2) is 27.5 Å². The molecule has 4 rings (SSSR count). The first-order chi connectivity index (χ1) is 12.1. The number of aryl methyl sites for hydroxylation is 2. The number of rotatable bonds is 5. The van der Waals surface area contributed by atoms with E-state index in [2.05, 4.69) is 26.4 Å². The lowest BCUT2D eigenvalue weighted by molar-refractivity contribution is -0.123. The van der Waals surface area contributed by atoms with Crippen molar-refractivity contribution in [3.8, 4) is 0 Å². The average Bonchev–Trinajstić information content (AvgIpc) is 3.32. The Labute approximate surface area is 146 Å². The Morgan fingerprint density at radius 3 is 2.72 bits per heavy atom. The minimum atomic E-state index is -0.461. The summed E-state index contributed by atoms with van der Waals surface area (Å²) >= 11 is 0. The molecule has 25 heavy (non-hydrogen) atoms. The summed E-state index contributed by atoms with van der Waals surface area (Å²) in [6.07, 6.45) is 5.98. The lowest BCUT2D eigenvalue weighted by Crippen LogP contribution is -2.46. The van der Waals surface area contributed by atoms with Gasteiger partial charge >= 0.3 is 0 Å². The number of benzene rings is 1. The van der Waals surface area contributed by atoms with E-state index < -0.39 is 6.04 Å². The van der Waals surface area contributed by atoms with Gasteiger partial charge in [0.15, 0.2) is 0 Å². The number of hydrogen-bond acceptors (Lipinski definition) is 3. The third-order valence-corrected chi connectivity index (χ3v) is 4.90. The quantitative estimate of drug-likeness (QED) is 0.876. The van der Waals surface area contributed by atoms with Crippen molar-refractivity contribution in [2.24, 2.45) is 0 Å². The average molecular weight is 342 g/mol. The molecule has 1 fully saturated rings. The molecular formula is C19H23FN4O. The molecule has 1 saturated carbocycles. The zero-order valence-electron chi connectivity index (χ0n) is 14.3. The van der Waals surface area contributed by atoms with Crippen LogP contribution in [0.15, 0.2) is 30.5 Å². The largest absolute Gasteiger partial charge is 0.352 e. The van der Waals surface area contributed by atoms with Crippen LogP contribution in [0.1, 0.15) is 42.4 Å². The Hall–Kier alpha value is -2.21. The maximum Gasteiger partial charge on any atom is 0.241 e. The predicted octanol–water partition coefficient (Wildman–Crippen LogP) is 2.25. The topological polar surface area (TPSA) is 59.0 Å². The minimum absolute atomic E-state index is 0.0262. The van der Waals surface area contributed by atoms with E-state index in [0.29, 0.717) is 6.04 Å². The third kappa shape index (κ3) is 3.74. The summed E-state index contributed by atoms with van der Waals surface area (Å²) in [6.45, 7) is 2.79. The summed E-state index contributed by atoms with van der Waals surface area (Å²) in [5, 5.41) is 6.56. The van der Waals surface area contributed by atoms with Crippen LogP contribution in [0.25, 0.3) is 0 Å². The molecule has 6 heteroatoms. The fourth-order valence-corrected chi connectivity index (χ4v) is 3.45. The molecule has 2 aliphatic rings. The molecule has 0 saturated heterocycles. The summed E-state index contributed by atoms with van der Waals surface area (Å²) in [4.78, 5) is 17.2. The van der Waals surface area contributed by atoms with Gasteiger partial charge in [0.1, 0.15) is 17.7 Å². The summed E-state index contributed by atoms with van der Waals surface area (Å²) in [6, 6.07) is 6.22. The van der Waals surface area contributed by atoms with Crippen molar-refractivity contribution in [2.45, 2.75) is 57.3 Å². The zero-order valence-corrected chi connectivity index (χ0v) is 14.3. The first kappa shape index (κ1) is 16.3. The molecule has 1 aliphatic heterocycles. The van der Waals surface area contributed by atoms with Crippen LogP contribution >= 0.6 is 0 Å². The highest BCUT2D eigenvalue weighted by molar-refractivity contribution is 5.83. The molecule has 1 aromatic carbocycles. The highest BCUT2D eigenvalue weighted by atomic mass is 19.1. The molecule has 2 N–H and O–H groups in total. The SMILES string of the molecule is Cc1cn2c(n1)CC[C@@H](N[C@@H](C(=O)NC1CC1)c1ccc(F)cc1)C2. The third-order valence-electron chi connectivity index (χ3n) is 4.90. The van der Waals surface area contributed by atoms with Crippen LogP contribution in [0.2, 0.25) is 0 Å². The van der Waals surface area contributed by atoms with Gasteiger partial charge in [-0.05, 0) is 43.9 Å². The first-order valence-electron chi connectivity index (χ1n) is 8.93. The monoisotopic (exact) mass is 342 g/mol. The van der Waals surface area contributed by atoms with Crippen LogP contribution in [0.5, 0.6) is 0 Å². The van der Waals surface area contributed by atoms with Gasteiger partial charge in [-0.25, -0.2) is 9.37 Å². The number of fused-ring (bicyclic) bond motifs is 1. The van der Waals surface area contributed by atoms with E-state index in [1.165, 1.54) is 12.1 Å². The highest BCUT2D eigenvalue weighted by Gasteiger charge is 2.31. The second-order valence-electron chi connectivity index (χ2n) is 7.12. The van der Waals surface area contributed by atoms with Crippen LogP contribution in [0, 0.1) is 12.7 Å². The van der Waals surface area contributed by atoms with Crippen molar-refractivity contribution in [2.75, 3.05) is 0 Å². The summed E-state index contributed by atoms with van der Waals surface area (Å²) in [7, 11) is 0. The smallest absolute Gasteiger partial charge is 0.241 e. The number of imidazole rings is 1. The lowest BCUT2D eigenvalue weighted by Gasteiger charge is -2.29. The number of halogens is 1. The minimum Gasteiger partial charge on any atom is -0.352 e. The van der Waals surface area contributed by atoms with Gasteiger partial charge in [-0.3, -0.25) is 10.1 Å². The number of carbonyl (C=O) groups excluding carboxylic acids is 1. The molecule has 1 amide bonds.